The summed E-state index contributed by atoms with van der Waals surface area (Å²) in [7, 11) is 0.892. The van der Waals surface area contributed by atoms with Crippen molar-refractivity contribution in [3.05, 3.63) is 66.7 Å². The van der Waals surface area contributed by atoms with Crippen LogP contribution in [0.15, 0.2) is 60.7 Å². The maximum atomic E-state index is 2.89. The molecule has 0 unspecified atom stereocenters. The average Bonchev–Trinajstić information content (AvgIpc) is 2.74. The Morgan fingerprint density at radius 1 is 0.607 bits per heavy atom. The van der Waals surface area contributed by atoms with Gasteiger partial charge in [0.1, 0.15) is 0 Å². The predicted octanol–water partition coefficient (Wildman–Crippen LogP) is 7.02. The monoisotopic (exact) mass is 626 g/mol. The van der Waals surface area contributed by atoms with Crippen LogP contribution in [0.5, 0.6) is 0 Å². The second kappa shape index (κ2) is 27.8. The van der Waals surface area contributed by atoms with Crippen molar-refractivity contribution in [2.45, 2.75) is 41.5 Å². The molecule has 0 aliphatic rings. The zero-order valence-corrected chi connectivity index (χ0v) is 24.3. The predicted molar refractivity (Wildman–Crippen MR) is 134 cm³/mol. The van der Waals surface area contributed by atoms with Gasteiger partial charge in [0.15, 0.2) is 0 Å². The zero-order chi connectivity index (χ0) is 20.8. The Hall–Kier alpha value is 0.752. The minimum Gasteiger partial charge on any atom is -0.184 e. The molecular formula is C24H40P2PdTe-. The summed E-state index contributed by atoms with van der Waals surface area (Å²) in [6.07, 6.45) is 8.51. The molecule has 0 bridgehead atoms. The van der Waals surface area contributed by atoms with E-state index < -0.39 is 0 Å². The normalized spacial score (nSPS) is 9.00. The third-order valence-electron chi connectivity index (χ3n) is 4.03. The quantitative estimate of drug-likeness (QED) is 0.184. The molecule has 4 heteroatoms. The van der Waals surface area contributed by atoms with E-state index >= 15 is 0 Å². The molecule has 0 aliphatic heterocycles. The van der Waals surface area contributed by atoms with Gasteiger partial charge in [0.2, 0.25) is 0 Å². The van der Waals surface area contributed by atoms with Gasteiger partial charge in [-0.15, -0.1) is 15.8 Å². The fourth-order valence-corrected chi connectivity index (χ4v) is 5.24. The molecule has 0 fully saturated rings. The maximum absolute atomic E-state index is 2.89. The summed E-state index contributed by atoms with van der Waals surface area (Å²) in [5.74, 6) is 0. The molecule has 0 aromatic heterocycles. The van der Waals surface area contributed by atoms with Crippen molar-refractivity contribution in [2.24, 2.45) is 0 Å². The van der Waals surface area contributed by atoms with Crippen molar-refractivity contribution in [3.8, 4) is 0 Å². The molecule has 0 aliphatic carbocycles. The Balaban J connectivity index is -0.000000294. The Labute approximate surface area is 206 Å². The average molecular weight is 625 g/mol. The first-order valence-corrected chi connectivity index (χ1v) is 15.1. The minimum atomic E-state index is 0. The van der Waals surface area contributed by atoms with E-state index in [1.807, 2.05) is 70.8 Å². The molecule has 2 aromatic carbocycles. The van der Waals surface area contributed by atoms with Gasteiger partial charge in [-0.05, 0) is 37.0 Å². The molecule has 0 nitrogen and oxygen atoms in total. The van der Waals surface area contributed by atoms with Gasteiger partial charge in [0.05, 0.1) is 0 Å². The molecule has 0 spiro atoms. The molecule has 28 heavy (non-hydrogen) atoms. The van der Waals surface area contributed by atoms with Crippen LogP contribution in [0.2, 0.25) is 0 Å². The number of hydrogen-bond donors (Lipinski definition) is 0. The summed E-state index contributed by atoms with van der Waals surface area (Å²) in [6.45, 7) is 13.7. The van der Waals surface area contributed by atoms with E-state index in [0.717, 1.165) is 0 Å². The minimum absolute atomic E-state index is 0. The van der Waals surface area contributed by atoms with E-state index in [9.17, 15) is 0 Å². The molecule has 0 N–H and O–H groups in total. The van der Waals surface area contributed by atoms with Crippen LogP contribution in [0.4, 0.5) is 0 Å². The summed E-state index contributed by atoms with van der Waals surface area (Å²) < 4.78 is 1.33. The summed E-state index contributed by atoms with van der Waals surface area (Å²) in [4.78, 5) is 0. The van der Waals surface area contributed by atoms with Gasteiger partial charge >= 0.3 is 56.2 Å². The van der Waals surface area contributed by atoms with E-state index in [0.29, 0.717) is 15.8 Å². The van der Waals surface area contributed by atoms with Crippen LogP contribution in [0, 0.1) is 6.07 Å². The van der Waals surface area contributed by atoms with Crippen molar-refractivity contribution in [3.63, 3.8) is 0 Å². The van der Waals surface area contributed by atoms with E-state index in [1.54, 1.807) is 0 Å². The Kier molecular flexibility index (Phi) is 33.1. The van der Waals surface area contributed by atoms with Crippen molar-refractivity contribution < 1.29 is 20.4 Å². The molecule has 0 atom stereocenters. The number of rotatable bonds is 6. The zero-order valence-electron chi connectivity index (χ0n) is 18.6. The van der Waals surface area contributed by atoms with Gasteiger partial charge in [0, 0.05) is 20.4 Å². The second-order valence-electron chi connectivity index (χ2n) is 5.63. The van der Waals surface area contributed by atoms with Crippen molar-refractivity contribution in [2.75, 3.05) is 37.0 Å². The van der Waals surface area contributed by atoms with Gasteiger partial charge in [-0.2, -0.15) is 36.4 Å². The van der Waals surface area contributed by atoms with Crippen LogP contribution in [0.25, 0.3) is 0 Å². The van der Waals surface area contributed by atoms with Gasteiger partial charge in [0.25, 0.3) is 0 Å². The molecule has 1 radical (unpaired) electrons. The molecule has 0 amide bonds. The summed E-state index contributed by atoms with van der Waals surface area (Å²) in [5.41, 5.74) is 0. The van der Waals surface area contributed by atoms with Crippen LogP contribution in [0.3, 0.4) is 0 Å². The summed E-state index contributed by atoms with van der Waals surface area (Å²) in [5, 5.41) is 0. The van der Waals surface area contributed by atoms with Gasteiger partial charge in [-0.25, -0.2) is 0 Å². The van der Waals surface area contributed by atoms with Gasteiger partial charge in [-0.1, -0.05) is 41.5 Å². The summed E-state index contributed by atoms with van der Waals surface area (Å²) in [6, 6.07) is 22.8. The fourth-order valence-electron chi connectivity index (χ4n) is 2.10. The summed E-state index contributed by atoms with van der Waals surface area (Å²) >= 11 is 2.02. The Morgan fingerprint density at radius 3 is 1.04 bits per heavy atom. The van der Waals surface area contributed by atoms with Crippen LogP contribution in [0.1, 0.15) is 41.5 Å². The SMILES string of the molecule is CCP(CC)CC.CCP(CC)CC.[Pd].[Te]c1ccccc1.[c-]1ccccc1. The van der Waals surface area contributed by atoms with Crippen LogP contribution >= 0.6 is 15.8 Å². The molecular weight excluding hydrogens is 584 g/mol. The first kappa shape index (κ1) is 33.4. The molecule has 2 rings (SSSR count). The van der Waals surface area contributed by atoms with Crippen molar-refractivity contribution >= 4 is 41.7 Å². The number of benzene rings is 2. The molecule has 0 saturated carbocycles. The maximum Gasteiger partial charge on any atom is -0.171 e. The van der Waals surface area contributed by atoms with E-state index in [1.165, 1.54) is 40.6 Å². The largest absolute Gasteiger partial charge is 0.184 e. The number of hydrogen-bond acceptors (Lipinski definition) is 0. The van der Waals surface area contributed by atoms with Crippen molar-refractivity contribution in [1.29, 1.82) is 0 Å². The molecule has 0 heterocycles. The first-order valence-electron chi connectivity index (χ1n) is 10.2. The van der Waals surface area contributed by atoms with Gasteiger partial charge < -0.3 is 0 Å². The fraction of sp³-hybridized carbons (Fsp3) is 0.500. The van der Waals surface area contributed by atoms with Crippen LogP contribution in [-0.4, -0.2) is 59.3 Å². The van der Waals surface area contributed by atoms with E-state index in [-0.39, 0.29) is 20.4 Å². The molecule has 0 saturated heterocycles. The van der Waals surface area contributed by atoms with Crippen LogP contribution < -0.4 is 3.61 Å². The Bertz CT molecular complexity index is 425. The molecule has 163 valence electrons. The van der Waals surface area contributed by atoms with E-state index in [2.05, 4.69) is 59.7 Å². The standard InChI is InChI=1S/2C6H15P.C6H5Te.C6H5.Pd/c2*1-4-7(5-2)6-3;7-6-4-2-1-3-5-6;1-2-4-6-5-3-1;/h2*4-6H2,1-3H3;1-5H;1-5H;/q;;;-1;. The molecule has 2 aromatic rings. The third kappa shape index (κ3) is 24.8. The first-order chi connectivity index (χ1) is 13.1. The second-order valence-corrected chi connectivity index (χ2v) is 13.5. The van der Waals surface area contributed by atoms with E-state index in [4.69, 9.17) is 0 Å². The Morgan fingerprint density at radius 2 is 0.929 bits per heavy atom. The van der Waals surface area contributed by atoms with Crippen molar-refractivity contribution in [1.82, 2.24) is 0 Å². The van der Waals surface area contributed by atoms with Gasteiger partial charge in [-0.3, -0.25) is 0 Å². The smallest absolute Gasteiger partial charge is 0.171 e. The third-order valence-corrected chi connectivity index (χ3v) is 10.2. The van der Waals surface area contributed by atoms with Crippen LogP contribution in [-0.2, 0) is 20.4 Å². The topological polar surface area (TPSA) is 0 Å².